The molecular formula is C16H18BrNO4S. The van der Waals surface area contributed by atoms with Crippen LogP contribution in [0.3, 0.4) is 0 Å². The normalized spacial score (nSPS) is 12.7. The Morgan fingerprint density at radius 3 is 2.35 bits per heavy atom. The Kier molecular flexibility index (Phi) is 5.67. The predicted molar refractivity (Wildman–Crippen MR) is 92.4 cm³/mol. The molecule has 1 N–H and O–H groups in total. The fourth-order valence-corrected chi connectivity index (χ4v) is 4.17. The molecule has 2 aromatic rings. The van der Waals surface area contributed by atoms with Gasteiger partial charge in [-0.2, -0.15) is 0 Å². The van der Waals surface area contributed by atoms with Crippen LogP contribution in [0, 0.1) is 0 Å². The van der Waals surface area contributed by atoms with Crippen LogP contribution in [-0.4, -0.2) is 22.6 Å². The highest BCUT2D eigenvalue weighted by molar-refractivity contribution is 9.10. The van der Waals surface area contributed by atoms with Crippen molar-refractivity contribution in [2.75, 3.05) is 14.2 Å². The molecule has 0 saturated carbocycles. The maximum absolute atomic E-state index is 12.7. The summed E-state index contributed by atoms with van der Waals surface area (Å²) in [7, 11) is -0.769. The molecule has 0 spiro atoms. The van der Waals surface area contributed by atoms with Crippen molar-refractivity contribution in [3.8, 4) is 11.5 Å². The molecule has 0 bridgehead atoms. The monoisotopic (exact) mass is 399 g/mol. The Morgan fingerprint density at radius 1 is 1.04 bits per heavy atom. The summed E-state index contributed by atoms with van der Waals surface area (Å²) in [4.78, 5) is 0.0797. The van der Waals surface area contributed by atoms with E-state index in [4.69, 9.17) is 9.47 Å². The van der Waals surface area contributed by atoms with Crippen LogP contribution < -0.4 is 14.2 Å². The number of rotatable bonds is 6. The number of para-hydroxylation sites is 1. The minimum absolute atomic E-state index is 0.0797. The largest absolute Gasteiger partial charge is 0.496 e. The van der Waals surface area contributed by atoms with E-state index in [0.717, 1.165) is 5.56 Å². The summed E-state index contributed by atoms with van der Waals surface area (Å²) in [5.41, 5.74) is 0.757. The Hall–Kier alpha value is -1.57. The maximum Gasteiger partial charge on any atom is 0.244 e. The fourth-order valence-electron chi connectivity index (χ4n) is 2.24. The van der Waals surface area contributed by atoms with Crippen molar-refractivity contribution < 1.29 is 17.9 Å². The number of ether oxygens (including phenoxy) is 2. The quantitative estimate of drug-likeness (QED) is 0.806. The average Bonchev–Trinajstić information content (AvgIpc) is 2.54. The highest BCUT2D eigenvalue weighted by Gasteiger charge is 2.24. The Balaban J connectivity index is 2.36. The van der Waals surface area contributed by atoms with Crippen LogP contribution in [0.5, 0.6) is 11.5 Å². The third-order valence-electron chi connectivity index (χ3n) is 3.35. The Bertz CT molecular complexity index is 792. The van der Waals surface area contributed by atoms with E-state index in [0.29, 0.717) is 10.2 Å². The van der Waals surface area contributed by atoms with Crippen molar-refractivity contribution in [2.45, 2.75) is 17.9 Å². The van der Waals surface area contributed by atoms with E-state index in [1.54, 1.807) is 32.2 Å². The van der Waals surface area contributed by atoms with Crippen molar-refractivity contribution in [2.24, 2.45) is 0 Å². The molecule has 0 unspecified atom stereocenters. The molecule has 7 heteroatoms. The number of nitrogens with one attached hydrogen (secondary N) is 1. The molecule has 2 rings (SSSR count). The summed E-state index contributed by atoms with van der Waals surface area (Å²) in [6.45, 7) is 1.76. The standard InChI is InChI=1S/C16H18BrNO4S/c1-11(13-6-4-5-7-14(13)21-2)18-23(19,20)16-10-12(17)8-9-15(16)22-3/h4-11,18H,1-3H3/t11-/m1/s1. The van der Waals surface area contributed by atoms with Crippen LogP contribution >= 0.6 is 15.9 Å². The van der Waals surface area contributed by atoms with Gasteiger partial charge < -0.3 is 9.47 Å². The number of benzene rings is 2. The first-order valence-corrected chi connectivity index (χ1v) is 9.15. The van der Waals surface area contributed by atoms with E-state index < -0.39 is 16.1 Å². The summed E-state index contributed by atoms with van der Waals surface area (Å²) < 4.78 is 39.1. The van der Waals surface area contributed by atoms with Gasteiger partial charge in [0.2, 0.25) is 10.0 Å². The van der Waals surface area contributed by atoms with Crippen LogP contribution in [0.4, 0.5) is 0 Å². The zero-order chi connectivity index (χ0) is 17.0. The van der Waals surface area contributed by atoms with Crippen LogP contribution in [0.15, 0.2) is 51.8 Å². The summed E-state index contributed by atoms with van der Waals surface area (Å²) in [6, 6.07) is 11.7. The molecule has 0 saturated heterocycles. The lowest BCUT2D eigenvalue weighted by Crippen LogP contribution is -2.27. The molecule has 124 valence electrons. The van der Waals surface area contributed by atoms with E-state index in [2.05, 4.69) is 20.7 Å². The SMILES string of the molecule is COc1ccccc1[C@@H](C)NS(=O)(=O)c1cc(Br)ccc1OC. The molecule has 0 aliphatic heterocycles. The molecule has 1 atom stereocenters. The lowest BCUT2D eigenvalue weighted by atomic mass is 10.1. The smallest absolute Gasteiger partial charge is 0.244 e. The van der Waals surface area contributed by atoms with E-state index in [9.17, 15) is 8.42 Å². The molecule has 23 heavy (non-hydrogen) atoms. The van der Waals surface area contributed by atoms with Crippen LogP contribution in [0.2, 0.25) is 0 Å². The number of sulfonamides is 1. The van der Waals surface area contributed by atoms with Crippen LogP contribution in [0.1, 0.15) is 18.5 Å². The van der Waals surface area contributed by atoms with Crippen molar-refractivity contribution in [3.63, 3.8) is 0 Å². The number of hydrogen-bond acceptors (Lipinski definition) is 4. The van der Waals surface area contributed by atoms with Gasteiger partial charge in [-0.05, 0) is 31.2 Å². The molecule has 0 aliphatic carbocycles. The number of halogens is 1. The highest BCUT2D eigenvalue weighted by atomic mass is 79.9. The molecule has 0 aromatic heterocycles. The minimum atomic E-state index is -3.76. The van der Waals surface area contributed by atoms with Gasteiger partial charge in [-0.25, -0.2) is 13.1 Å². The van der Waals surface area contributed by atoms with Gasteiger partial charge in [-0.15, -0.1) is 0 Å². The third-order valence-corrected chi connectivity index (χ3v) is 5.41. The lowest BCUT2D eigenvalue weighted by Gasteiger charge is -2.18. The fraction of sp³-hybridized carbons (Fsp3) is 0.250. The van der Waals surface area contributed by atoms with Gasteiger partial charge in [0.05, 0.1) is 14.2 Å². The van der Waals surface area contributed by atoms with Crippen molar-refractivity contribution in [1.82, 2.24) is 4.72 Å². The molecule has 0 aliphatic rings. The van der Waals surface area contributed by atoms with E-state index in [1.165, 1.54) is 13.2 Å². The lowest BCUT2D eigenvalue weighted by molar-refractivity contribution is 0.400. The summed E-state index contributed by atoms with van der Waals surface area (Å²) in [5, 5.41) is 0. The molecule has 0 fully saturated rings. The van der Waals surface area contributed by atoms with Crippen molar-refractivity contribution in [1.29, 1.82) is 0 Å². The summed E-state index contributed by atoms with van der Waals surface area (Å²) >= 11 is 3.28. The predicted octanol–water partition coefficient (Wildman–Crippen LogP) is 3.51. The Morgan fingerprint density at radius 2 is 1.70 bits per heavy atom. The van der Waals surface area contributed by atoms with Gasteiger partial charge in [0, 0.05) is 16.1 Å². The first kappa shape index (κ1) is 17.8. The molecule has 0 radical (unpaired) electrons. The van der Waals surface area contributed by atoms with E-state index in [1.807, 2.05) is 18.2 Å². The van der Waals surface area contributed by atoms with Gasteiger partial charge in [0.25, 0.3) is 0 Å². The molecule has 2 aromatic carbocycles. The van der Waals surface area contributed by atoms with Crippen molar-refractivity contribution >= 4 is 26.0 Å². The number of hydrogen-bond donors (Lipinski definition) is 1. The van der Waals surface area contributed by atoms with Gasteiger partial charge in [0.15, 0.2) is 0 Å². The zero-order valence-corrected chi connectivity index (χ0v) is 15.4. The van der Waals surface area contributed by atoms with Gasteiger partial charge >= 0.3 is 0 Å². The summed E-state index contributed by atoms with van der Waals surface area (Å²) in [6.07, 6.45) is 0. The molecule has 0 heterocycles. The summed E-state index contributed by atoms with van der Waals surface area (Å²) in [5.74, 6) is 0.914. The zero-order valence-electron chi connectivity index (χ0n) is 13.0. The first-order valence-electron chi connectivity index (χ1n) is 6.88. The third kappa shape index (κ3) is 4.04. The van der Waals surface area contributed by atoms with Gasteiger partial charge in [0.1, 0.15) is 16.4 Å². The minimum Gasteiger partial charge on any atom is -0.496 e. The molecular weight excluding hydrogens is 382 g/mol. The second kappa shape index (κ2) is 7.33. The molecule has 0 amide bonds. The van der Waals surface area contributed by atoms with Crippen LogP contribution in [-0.2, 0) is 10.0 Å². The average molecular weight is 400 g/mol. The Labute approximate surface area is 144 Å². The van der Waals surface area contributed by atoms with E-state index in [-0.39, 0.29) is 10.6 Å². The van der Waals surface area contributed by atoms with E-state index >= 15 is 0 Å². The molecule has 5 nitrogen and oxygen atoms in total. The van der Waals surface area contributed by atoms with Gasteiger partial charge in [-0.1, -0.05) is 34.1 Å². The van der Waals surface area contributed by atoms with Crippen molar-refractivity contribution in [3.05, 3.63) is 52.5 Å². The second-order valence-electron chi connectivity index (χ2n) is 4.88. The van der Waals surface area contributed by atoms with Gasteiger partial charge in [-0.3, -0.25) is 0 Å². The number of methoxy groups -OCH3 is 2. The topological polar surface area (TPSA) is 64.6 Å². The van der Waals surface area contributed by atoms with Crippen LogP contribution in [0.25, 0.3) is 0 Å². The first-order chi connectivity index (χ1) is 10.9. The second-order valence-corrected chi connectivity index (χ2v) is 7.48. The maximum atomic E-state index is 12.7. The highest BCUT2D eigenvalue weighted by Crippen LogP contribution is 2.30.